The van der Waals surface area contributed by atoms with Gasteiger partial charge in [0, 0.05) is 17.5 Å². The van der Waals surface area contributed by atoms with Gasteiger partial charge in [-0.25, -0.2) is 8.42 Å². The van der Waals surface area contributed by atoms with Crippen molar-refractivity contribution in [2.24, 2.45) is 11.7 Å². The van der Waals surface area contributed by atoms with Crippen LogP contribution in [-0.2, 0) is 9.84 Å². The molecule has 4 heteroatoms. The molecule has 0 aromatic rings. The van der Waals surface area contributed by atoms with Crippen molar-refractivity contribution in [3.05, 3.63) is 0 Å². The Morgan fingerprint density at radius 1 is 1.29 bits per heavy atom. The third-order valence-corrected chi connectivity index (χ3v) is 5.02. The van der Waals surface area contributed by atoms with Crippen LogP contribution < -0.4 is 5.73 Å². The van der Waals surface area contributed by atoms with Crippen LogP contribution in [0.2, 0.25) is 0 Å². The van der Waals surface area contributed by atoms with Crippen LogP contribution in [0.15, 0.2) is 0 Å². The molecule has 0 aliphatic heterocycles. The fourth-order valence-corrected chi connectivity index (χ4v) is 3.55. The smallest absolute Gasteiger partial charge is 0.147 e. The second-order valence-corrected chi connectivity index (χ2v) is 8.09. The molecular weight excluding hydrogens is 234 g/mol. The van der Waals surface area contributed by atoms with Gasteiger partial charge < -0.3 is 5.73 Å². The Kier molecular flexibility index (Phi) is 5.45. The molecule has 3 nitrogen and oxygen atoms in total. The first-order valence-electron chi connectivity index (χ1n) is 6.81. The highest BCUT2D eigenvalue weighted by molar-refractivity contribution is 7.90. The predicted molar refractivity (Wildman–Crippen MR) is 72.7 cm³/mol. The van der Waals surface area contributed by atoms with E-state index in [9.17, 15) is 8.42 Å². The summed E-state index contributed by atoms with van der Waals surface area (Å²) in [4.78, 5) is 0. The first-order valence-corrected chi connectivity index (χ1v) is 8.87. The van der Waals surface area contributed by atoms with E-state index in [1.54, 1.807) is 0 Å². The Bertz CT molecular complexity index is 316. The molecule has 0 atom stereocenters. The number of nitrogens with two attached hydrogens (primary N) is 1. The topological polar surface area (TPSA) is 60.2 Å². The van der Waals surface area contributed by atoms with Gasteiger partial charge in [0.1, 0.15) is 9.84 Å². The molecule has 17 heavy (non-hydrogen) atoms. The highest BCUT2D eigenvalue weighted by Gasteiger charge is 2.30. The lowest BCUT2D eigenvalue weighted by Gasteiger charge is -2.37. The van der Waals surface area contributed by atoms with Crippen molar-refractivity contribution in [1.29, 1.82) is 0 Å². The quantitative estimate of drug-likeness (QED) is 0.799. The van der Waals surface area contributed by atoms with Gasteiger partial charge >= 0.3 is 0 Å². The molecule has 0 bridgehead atoms. The summed E-state index contributed by atoms with van der Waals surface area (Å²) in [6, 6.07) is 0. The third kappa shape index (κ3) is 5.87. The number of rotatable bonds is 6. The lowest BCUT2D eigenvalue weighted by molar-refractivity contribution is 0.212. The Morgan fingerprint density at radius 2 is 1.88 bits per heavy atom. The van der Waals surface area contributed by atoms with Gasteiger partial charge in [-0.05, 0) is 44.4 Å². The molecule has 0 spiro atoms. The first-order chi connectivity index (χ1) is 7.85. The van der Waals surface area contributed by atoms with E-state index in [1.807, 2.05) is 0 Å². The zero-order valence-electron chi connectivity index (χ0n) is 11.2. The van der Waals surface area contributed by atoms with Gasteiger partial charge in [-0.15, -0.1) is 0 Å². The van der Waals surface area contributed by atoms with Crippen molar-refractivity contribution < 1.29 is 8.42 Å². The van der Waals surface area contributed by atoms with Gasteiger partial charge in [0.15, 0.2) is 0 Å². The first kappa shape index (κ1) is 15.0. The zero-order chi connectivity index (χ0) is 12.9. The average Bonchev–Trinajstić information content (AvgIpc) is 2.20. The van der Waals surface area contributed by atoms with Crippen LogP contribution in [0, 0.1) is 5.92 Å². The van der Waals surface area contributed by atoms with Crippen molar-refractivity contribution in [3.63, 3.8) is 0 Å². The molecular formula is C13H27NO2S. The van der Waals surface area contributed by atoms with E-state index in [4.69, 9.17) is 5.73 Å². The summed E-state index contributed by atoms with van der Waals surface area (Å²) in [5.74, 6) is 1.14. The van der Waals surface area contributed by atoms with Crippen molar-refractivity contribution in [2.45, 2.75) is 63.8 Å². The van der Waals surface area contributed by atoms with E-state index in [-0.39, 0.29) is 11.3 Å². The van der Waals surface area contributed by atoms with Crippen molar-refractivity contribution >= 4 is 9.84 Å². The van der Waals surface area contributed by atoms with Crippen LogP contribution in [0.1, 0.15) is 58.3 Å². The fourth-order valence-electron chi connectivity index (χ4n) is 2.89. The summed E-state index contributed by atoms with van der Waals surface area (Å²) in [5, 5.41) is 0. The van der Waals surface area contributed by atoms with Crippen LogP contribution in [0.25, 0.3) is 0 Å². The van der Waals surface area contributed by atoms with Gasteiger partial charge in [0.05, 0.1) is 0 Å². The summed E-state index contributed by atoms with van der Waals surface area (Å²) in [6.07, 6.45) is 10.0. The molecule has 0 amide bonds. The maximum atomic E-state index is 11.1. The summed E-state index contributed by atoms with van der Waals surface area (Å²) in [5.41, 5.74) is 6.26. The molecule has 1 aliphatic carbocycles. The van der Waals surface area contributed by atoms with Gasteiger partial charge in [0.2, 0.25) is 0 Å². The predicted octanol–water partition coefficient (Wildman–Crippen LogP) is 2.50. The summed E-state index contributed by atoms with van der Waals surface area (Å²) >= 11 is 0. The molecule has 102 valence electrons. The monoisotopic (exact) mass is 261 g/mol. The molecule has 0 radical (unpaired) electrons. The van der Waals surface area contributed by atoms with E-state index in [0.717, 1.165) is 25.2 Å². The lowest BCUT2D eigenvalue weighted by atomic mass is 9.74. The number of sulfone groups is 1. The normalized spacial score (nSPS) is 30.4. The number of hydrogen-bond acceptors (Lipinski definition) is 3. The van der Waals surface area contributed by atoms with Gasteiger partial charge in [0.25, 0.3) is 0 Å². The van der Waals surface area contributed by atoms with E-state index < -0.39 is 9.84 Å². The van der Waals surface area contributed by atoms with Gasteiger partial charge in [-0.3, -0.25) is 0 Å². The molecule has 0 heterocycles. The standard InChI is InChI=1S/C13H27NO2S/c1-3-5-12-6-9-13(14,10-7-12)8-4-11-17(2,15)16/h12H,3-11,14H2,1-2H3. The highest BCUT2D eigenvalue weighted by atomic mass is 32.2. The average molecular weight is 261 g/mol. The molecule has 0 aromatic carbocycles. The largest absolute Gasteiger partial charge is 0.325 e. The Hall–Kier alpha value is -0.0900. The van der Waals surface area contributed by atoms with Crippen molar-refractivity contribution in [2.75, 3.05) is 12.0 Å². The third-order valence-electron chi connectivity index (χ3n) is 3.99. The second-order valence-electron chi connectivity index (χ2n) is 5.83. The maximum Gasteiger partial charge on any atom is 0.147 e. The van der Waals surface area contributed by atoms with E-state index in [1.165, 1.54) is 31.9 Å². The minimum Gasteiger partial charge on any atom is -0.325 e. The molecule has 1 aliphatic rings. The van der Waals surface area contributed by atoms with E-state index in [2.05, 4.69) is 6.92 Å². The highest BCUT2D eigenvalue weighted by Crippen LogP contribution is 2.35. The molecule has 1 rings (SSSR count). The van der Waals surface area contributed by atoms with Crippen molar-refractivity contribution in [3.8, 4) is 0 Å². The Labute approximate surface area is 106 Å². The SMILES string of the molecule is CCCC1CCC(N)(CCCS(C)(=O)=O)CC1. The maximum absolute atomic E-state index is 11.1. The zero-order valence-corrected chi connectivity index (χ0v) is 12.1. The number of hydrogen-bond donors (Lipinski definition) is 1. The fraction of sp³-hybridized carbons (Fsp3) is 1.00. The van der Waals surface area contributed by atoms with Crippen molar-refractivity contribution in [1.82, 2.24) is 0 Å². The van der Waals surface area contributed by atoms with Crippen LogP contribution >= 0.6 is 0 Å². The molecule has 0 saturated heterocycles. The second kappa shape index (κ2) is 6.19. The molecule has 1 saturated carbocycles. The van der Waals surface area contributed by atoms with Crippen LogP contribution in [-0.4, -0.2) is 26.0 Å². The van der Waals surface area contributed by atoms with Crippen LogP contribution in [0.3, 0.4) is 0 Å². The lowest BCUT2D eigenvalue weighted by Crippen LogP contribution is -2.43. The van der Waals surface area contributed by atoms with E-state index >= 15 is 0 Å². The van der Waals surface area contributed by atoms with Crippen LogP contribution in [0.4, 0.5) is 0 Å². The Balaban J connectivity index is 2.29. The molecule has 2 N–H and O–H groups in total. The minimum absolute atomic E-state index is 0.0884. The van der Waals surface area contributed by atoms with Gasteiger partial charge in [-0.1, -0.05) is 19.8 Å². The van der Waals surface area contributed by atoms with Gasteiger partial charge in [-0.2, -0.15) is 0 Å². The van der Waals surface area contributed by atoms with Crippen LogP contribution in [0.5, 0.6) is 0 Å². The Morgan fingerprint density at radius 3 is 2.35 bits per heavy atom. The van der Waals surface area contributed by atoms with E-state index in [0.29, 0.717) is 6.42 Å². The molecule has 1 fully saturated rings. The summed E-state index contributed by atoms with van der Waals surface area (Å²) < 4.78 is 22.1. The molecule has 0 aromatic heterocycles. The summed E-state index contributed by atoms with van der Waals surface area (Å²) in [7, 11) is -2.83. The minimum atomic E-state index is -2.83. The summed E-state index contributed by atoms with van der Waals surface area (Å²) in [6.45, 7) is 2.23. The molecule has 0 unspecified atom stereocenters.